The minimum absolute atomic E-state index is 0.0371. The molecule has 1 atom stereocenters. The van der Waals surface area contributed by atoms with E-state index >= 15 is 0 Å². The fraction of sp³-hybridized carbons (Fsp3) is 0.556. The Hall–Kier alpha value is -1.53. The van der Waals surface area contributed by atoms with Gasteiger partial charge in [-0.25, -0.2) is 0 Å². The van der Waals surface area contributed by atoms with Gasteiger partial charge in [-0.15, -0.1) is 11.8 Å². The number of rotatable bonds is 7. The van der Waals surface area contributed by atoms with Gasteiger partial charge in [0.25, 0.3) is 0 Å². The van der Waals surface area contributed by atoms with Crippen molar-refractivity contribution in [1.29, 1.82) is 0 Å². The molecule has 0 unspecified atom stereocenters. The van der Waals surface area contributed by atoms with E-state index in [1.54, 1.807) is 16.7 Å². The molecule has 0 aliphatic carbocycles. The fourth-order valence-electron chi connectivity index (χ4n) is 2.75. The van der Waals surface area contributed by atoms with Gasteiger partial charge in [0.2, 0.25) is 11.8 Å². The smallest absolute Gasteiger partial charge is 0.248 e. The molecule has 0 saturated carbocycles. The van der Waals surface area contributed by atoms with Gasteiger partial charge in [-0.3, -0.25) is 9.59 Å². The van der Waals surface area contributed by atoms with Gasteiger partial charge in [0, 0.05) is 37.4 Å². The van der Waals surface area contributed by atoms with E-state index in [1.165, 1.54) is 17.6 Å². The molecule has 24 heavy (non-hydrogen) atoms. The van der Waals surface area contributed by atoms with E-state index in [9.17, 15) is 9.59 Å². The highest BCUT2D eigenvalue weighted by Gasteiger charge is 2.27. The summed E-state index contributed by atoms with van der Waals surface area (Å²) in [6.45, 7) is 4.01. The van der Waals surface area contributed by atoms with Crippen molar-refractivity contribution in [3.05, 3.63) is 29.8 Å². The van der Waals surface area contributed by atoms with Crippen molar-refractivity contribution in [2.45, 2.75) is 24.7 Å². The number of benzene rings is 1. The summed E-state index contributed by atoms with van der Waals surface area (Å²) < 4.78 is 4.89. The summed E-state index contributed by atoms with van der Waals surface area (Å²) in [6.07, 6.45) is 1.71. The number of piperidine rings is 1. The lowest BCUT2D eigenvalue weighted by atomic mass is 9.97. The minimum Gasteiger partial charge on any atom is -0.375 e. The van der Waals surface area contributed by atoms with Crippen molar-refractivity contribution in [2.24, 2.45) is 5.92 Å². The number of methoxy groups -OCH3 is 1. The summed E-state index contributed by atoms with van der Waals surface area (Å²) in [7, 11) is 1.51. The monoisotopic (exact) mass is 350 g/mol. The zero-order valence-electron chi connectivity index (χ0n) is 14.4. The Bertz CT molecular complexity index is 548. The third-order valence-corrected chi connectivity index (χ3v) is 5.12. The standard InChI is InChI=1S/C18H26N2O3S/c1-14-5-7-16(8-6-14)24-11-9-19-18(22)15-4-3-10-20(12-15)17(21)13-23-2/h5-8,15H,3-4,9-13H2,1-2H3,(H,19,22)/t15-/m0/s1. The van der Waals surface area contributed by atoms with Gasteiger partial charge in [-0.2, -0.15) is 0 Å². The first-order valence-corrected chi connectivity index (χ1v) is 9.32. The van der Waals surface area contributed by atoms with Crippen LogP contribution in [-0.2, 0) is 14.3 Å². The lowest BCUT2D eigenvalue weighted by Gasteiger charge is -2.31. The fourth-order valence-corrected chi connectivity index (χ4v) is 3.52. The second kappa shape index (κ2) is 9.69. The molecule has 1 N–H and O–H groups in total. The van der Waals surface area contributed by atoms with Gasteiger partial charge in [0.1, 0.15) is 6.61 Å². The molecule has 0 spiro atoms. The second-order valence-electron chi connectivity index (χ2n) is 6.06. The third kappa shape index (κ3) is 5.83. The van der Waals surface area contributed by atoms with E-state index in [1.807, 2.05) is 0 Å². The predicted octanol–water partition coefficient (Wildman–Crippen LogP) is 2.09. The van der Waals surface area contributed by atoms with Crippen LogP contribution in [0.5, 0.6) is 0 Å². The highest BCUT2D eigenvalue weighted by Crippen LogP contribution is 2.19. The predicted molar refractivity (Wildman–Crippen MR) is 96.1 cm³/mol. The average Bonchev–Trinajstić information content (AvgIpc) is 2.60. The number of nitrogens with zero attached hydrogens (tertiary/aromatic N) is 1. The number of likely N-dealkylation sites (tertiary alicyclic amines) is 1. The Balaban J connectivity index is 1.69. The molecule has 2 amide bonds. The van der Waals surface area contributed by atoms with E-state index < -0.39 is 0 Å². The van der Waals surface area contributed by atoms with E-state index in [2.05, 4.69) is 36.5 Å². The maximum Gasteiger partial charge on any atom is 0.248 e. The molecule has 0 radical (unpaired) electrons. The van der Waals surface area contributed by atoms with Crippen LogP contribution >= 0.6 is 11.8 Å². The number of hydrogen-bond donors (Lipinski definition) is 1. The molecule has 6 heteroatoms. The number of hydrogen-bond acceptors (Lipinski definition) is 4. The van der Waals surface area contributed by atoms with Crippen LogP contribution in [0.4, 0.5) is 0 Å². The summed E-state index contributed by atoms with van der Waals surface area (Å²) in [5.74, 6) is 0.747. The van der Waals surface area contributed by atoms with E-state index in [0.717, 1.165) is 25.1 Å². The molecule has 5 nitrogen and oxygen atoms in total. The zero-order valence-corrected chi connectivity index (χ0v) is 15.2. The van der Waals surface area contributed by atoms with Crippen molar-refractivity contribution in [1.82, 2.24) is 10.2 Å². The highest BCUT2D eigenvalue weighted by molar-refractivity contribution is 7.99. The number of carbonyl (C=O) groups excluding carboxylic acids is 2. The Morgan fingerprint density at radius 1 is 1.33 bits per heavy atom. The van der Waals surface area contributed by atoms with Gasteiger partial charge < -0.3 is 15.0 Å². The molecule has 0 aromatic heterocycles. The number of carbonyl (C=O) groups is 2. The van der Waals surface area contributed by atoms with Crippen LogP contribution in [0.1, 0.15) is 18.4 Å². The highest BCUT2D eigenvalue weighted by atomic mass is 32.2. The van der Waals surface area contributed by atoms with E-state index in [-0.39, 0.29) is 24.3 Å². The number of ether oxygens (including phenoxy) is 1. The van der Waals surface area contributed by atoms with Gasteiger partial charge in [0.15, 0.2) is 0 Å². The Morgan fingerprint density at radius 2 is 2.08 bits per heavy atom. The number of aryl methyl sites for hydroxylation is 1. The van der Waals surface area contributed by atoms with E-state index in [0.29, 0.717) is 13.1 Å². The quantitative estimate of drug-likeness (QED) is 0.604. The molecule has 1 saturated heterocycles. The van der Waals surface area contributed by atoms with Gasteiger partial charge in [-0.05, 0) is 31.9 Å². The lowest BCUT2D eigenvalue weighted by molar-refractivity contribution is -0.138. The van der Waals surface area contributed by atoms with Crippen LogP contribution in [0, 0.1) is 12.8 Å². The summed E-state index contributed by atoms with van der Waals surface area (Å²) >= 11 is 1.73. The van der Waals surface area contributed by atoms with Crippen LogP contribution in [0.25, 0.3) is 0 Å². The molecular formula is C18H26N2O3S. The zero-order chi connectivity index (χ0) is 17.4. The Kier molecular flexibility index (Phi) is 7.59. The van der Waals surface area contributed by atoms with Gasteiger partial charge >= 0.3 is 0 Å². The first kappa shape index (κ1) is 18.8. The van der Waals surface area contributed by atoms with Crippen molar-refractivity contribution >= 4 is 23.6 Å². The number of thioether (sulfide) groups is 1. The summed E-state index contributed by atoms with van der Waals surface area (Å²) in [4.78, 5) is 27.1. The minimum atomic E-state index is -0.107. The van der Waals surface area contributed by atoms with Gasteiger partial charge in [0.05, 0.1) is 5.92 Å². The summed E-state index contributed by atoms with van der Waals surface area (Å²) in [5.41, 5.74) is 1.25. The largest absolute Gasteiger partial charge is 0.375 e. The lowest BCUT2D eigenvalue weighted by Crippen LogP contribution is -2.46. The van der Waals surface area contributed by atoms with Crippen LogP contribution in [0.15, 0.2) is 29.2 Å². The third-order valence-electron chi connectivity index (χ3n) is 4.10. The van der Waals surface area contributed by atoms with Crippen LogP contribution in [-0.4, -0.2) is 55.8 Å². The molecule has 1 aliphatic heterocycles. The molecule has 1 aromatic carbocycles. The molecular weight excluding hydrogens is 324 g/mol. The second-order valence-corrected chi connectivity index (χ2v) is 7.23. The summed E-state index contributed by atoms with van der Waals surface area (Å²) in [6, 6.07) is 8.38. The number of amides is 2. The van der Waals surface area contributed by atoms with Gasteiger partial charge in [-0.1, -0.05) is 17.7 Å². The van der Waals surface area contributed by atoms with Crippen LogP contribution < -0.4 is 5.32 Å². The maximum atomic E-state index is 12.3. The topological polar surface area (TPSA) is 58.6 Å². The maximum absolute atomic E-state index is 12.3. The first-order chi connectivity index (χ1) is 11.6. The molecule has 1 heterocycles. The van der Waals surface area contributed by atoms with E-state index in [4.69, 9.17) is 4.74 Å². The first-order valence-electron chi connectivity index (χ1n) is 8.34. The van der Waals surface area contributed by atoms with Crippen LogP contribution in [0.3, 0.4) is 0 Å². The Labute approximate surface area is 148 Å². The van der Waals surface area contributed by atoms with Crippen molar-refractivity contribution < 1.29 is 14.3 Å². The molecule has 2 rings (SSSR count). The van der Waals surface area contributed by atoms with Crippen molar-refractivity contribution in [2.75, 3.05) is 39.1 Å². The SMILES string of the molecule is COCC(=O)N1CCC[C@H](C(=O)NCCSc2ccc(C)cc2)C1. The van der Waals surface area contributed by atoms with Crippen molar-refractivity contribution in [3.8, 4) is 0 Å². The average molecular weight is 350 g/mol. The normalized spacial score (nSPS) is 17.6. The van der Waals surface area contributed by atoms with Crippen LogP contribution in [0.2, 0.25) is 0 Å². The molecule has 1 aliphatic rings. The molecule has 1 aromatic rings. The van der Waals surface area contributed by atoms with Crippen molar-refractivity contribution in [3.63, 3.8) is 0 Å². The molecule has 132 valence electrons. The Morgan fingerprint density at radius 3 is 2.79 bits per heavy atom. The summed E-state index contributed by atoms with van der Waals surface area (Å²) in [5, 5.41) is 3.00. The molecule has 1 fully saturated rings. The molecule has 0 bridgehead atoms. The number of nitrogens with one attached hydrogen (secondary N) is 1.